The summed E-state index contributed by atoms with van der Waals surface area (Å²) in [7, 11) is 0. The third-order valence-corrected chi connectivity index (χ3v) is 7.81. The van der Waals surface area contributed by atoms with Gasteiger partial charge in [0, 0.05) is 46.9 Å². The fourth-order valence-electron chi connectivity index (χ4n) is 5.31. The molecular weight excluding hydrogens is 527 g/mol. The molecule has 1 aliphatic carbocycles. The number of carbonyl (C=O) groups is 1. The van der Waals surface area contributed by atoms with E-state index in [-0.39, 0.29) is 28.8 Å². The lowest BCUT2D eigenvalue weighted by molar-refractivity contribution is 0.100. The Bertz CT molecular complexity index is 1460. The minimum Gasteiger partial charge on any atom is -0.453 e. The van der Waals surface area contributed by atoms with Gasteiger partial charge in [-0.1, -0.05) is 48.0 Å². The highest BCUT2D eigenvalue weighted by Crippen LogP contribution is 2.40. The number of halogens is 2. The monoisotopic (exact) mass is 558 g/mol. The summed E-state index contributed by atoms with van der Waals surface area (Å²) >= 11 is 6.66. The zero-order chi connectivity index (χ0) is 28.1. The van der Waals surface area contributed by atoms with Crippen LogP contribution in [0, 0.1) is 5.82 Å². The largest absolute Gasteiger partial charge is 0.453 e. The number of carbonyl (C=O) groups excluding carboxylic acids is 1. The molecule has 206 valence electrons. The second kappa shape index (κ2) is 12.6. The lowest BCUT2D eigenvalue weighted by atomic mass is 9.87. The van der Waals surface area contributed by atoms with Crippen LogP contribution in [0.25, 0.3) is 11.1 Å². The molecule has 1 aromatic heterocycles. The summed E-state index contributed by atoms with van der Waals surface area (Å²) in [6.45, 7) is 0.681. The predicted octanol–water partition coefficient (Wildman–Crippen LogP) is 6.42. The van der Waals surface area contributed by atoms with Crippen molar-refractivity contribution in [2.75, 3.05) is 6.54 Å². The van der Waals surface area contributed by atoms with Gasteiger partial charge in [0.15, 0.2) is 11.6 Å². The molecule has 0 saturated heterocycles. The topological polar surface area (TPSA) is 103 Å². The first-order valence-corrected chi connectivity index (χ1v) is 13.8. The number of amides is 1. The fraction of sp³-hybridized carbons (Fsp3) is 0.250. The zero-order valence-corrected chi connectivity index (χ0v) is 22.8. The maximum absolute atomic E-state index is 16.1. The summed E-state index contributed by atoms with van der Waals surface area (Å²) in [5.74, 6) is -1.24. The molecule has 5 N–H and O–H groups in total. The molecule has 1 fully saturated rings. The van der Waals surface area contributed by atoms with Crippen molar-refractivity contribution < 1.29 is 13.9 Å². The van der Waals surface area contributed by atoms with Crippen molar-refractivity contribution in [2.24, 2.45) is 11.5 Å². The van der Waals surface area contributed by atoms with Crippen molar-refractivity contribution in [3.63, 3.8) is 0 Å². The molecule has 6 nitrogen and oxygen atoms in total. The Kier molecular flexibility index (Phi) is 8.75. The van der Waals surface area contributed by atoms with Crippen molar-refractivity contribution in [3.8, 4) is 22.6 Å². The number of nitrogens with zero attached hydrogens (tertiary/aromatic N) is 1. The van der Waals surface area contributed by atoms with Crippen LogP contribution in [-0.4, -0.2) is 29.5 Å². The van der Waals surface area contributed by atoms with E-state index in [4.69, 9.17) is 27.8 Å². The van der Waals surface area contributed by atoms with Crippen LogP contribution in [0.2, 0.25) is 5.02 Å². The molecule has 1 atom stereocenters. The summed E-state index contributed by atoms with van der Waals surface area (Å²) in [6, 6.07) is 22.5. The van der Waals surface area contributed by atoms with Gasteiger partial charge in [0.05, 0.1) is 11.8 Å². The van der Waals surface area contributed by atoms with Gasteiger partial charge in [0.25, 0.3) is 0 Å². The van der Waals surface area contributed by atoms with Crippen LogP contribution < -0.4 is 21.5 Å². The number of rotatable bonds is 9. The third kappa shape index (κ3) is 6.33. The van der Waals surface area contributed by atoms with E-state index in [9.17, 15) is 4.79 Å². The Morgan fingerprint density at radius 3 is 2.50 bits per heavy atom. The molecule has 0 bridgehead atoms. The maximum atomic E-state index is 16.1. The molecule has 8 heteroatoms. The fourth-order valence-corrected chi connectivity index (χ4v) is 5.52. The smallest absolute Gasteiger partial charge is 0.249 e. The van der Waals surface area contributed by atoms with Crippen molar-refractivity contribution >= 4 is 17.5 Å². The molecule has 0 radical (unpaired) electrons. The standard InChI is InChI=1S/C32H32ClFN4O2/c33-28-14-8-21(27(20-5-2-1-3-6-20)19-38-23-11-9-22(35)10-12-23)17-26(28)30-25(32(36)39)13-15-29(31(30)34)40-24-7-4-16-37-18-24/h1-8,13-18,22-23,27,38H,9-12,19,35H2,(H2,36,39). The van der Waals surface area contributed by atoms with E-state index in [0.717, 1.165) is 36.8 Å². The lowest BCUT2D eigenvalue weighted by Gasteiger charge is -2.29. The van der Waals surface area contributed by atoms with E-state index < -0.39 is 11.7 Å². The Morgan fingerprint density at radius 2 is 1.80 bits per heavy atom. The minimum atomic E-state index is -0.764. The van der Waals surface area contributed by atoms with Crippen molar-refractivity contribution in [3.05, 3.63) is 113 Å². The van der Waals surface area contributed by atoms with E-state index in [1.165, 1.54) is 18.3 Å². The van der Waals surface area contributed by atoms with Gasteiger partial charge in [-0.3, -0.25) is 9.78 Å². The molecule has 5 rings (SSSR count). The first-order valence-electron chi connectivity index (χ1n) is 13.4. The average Bonchev–Trinajstić information content (AvgIpc) is 2.97. The Labute approximate surface area is 238 Å². The van der Waals surface area contributed by atoms with Gasteiger partial charge in [-0.15, -0.1) is 0 Å². The van der Waals surface area contributed by atoms with E-state index in [1.54, 1.807) is 24.4 Å². The Hall–Kier alpha value is -3.78. The van der Waals surface area contributed by atoms with Crippen molar-refractivity contribution in [1.82, 2.24) is 10.3 Å². The Balaban J connectivity index is 1.54. The zero-order valence-electron chi connectivity index (χ0n) is 22.0. The second-order valence-electron chi connectivity index (χ2n) is 10.2. The van der Waals surface area contributed by atoms with Crippen LogP contribution in [0.5, 0.6) is 11.5 Å². The highest BCUT2D eigenvalue weighted by Gasteiger charge is 2.25. The quantitative estimate of drug-likeness (QED) is 0.220. The number of hydrogen-bond acceptors (Lipinski definition) is 5. The first kappa shape index (κ1) is 27.8. The van der Waals surface area contributed by atoms with Crippen LogP contribution in [-0.2, 0) is 0 Å². The molecule has 1 heterocycles. The van der Waals surface area contributed by atoms with Gasteiger partial charge in [-0.25, -0.2) is 4.39 Å². The number of nitrogens with two attached hydrogens (primary N) is 2. The molecule has 1 saturated carbocycles. The molecular formula is C32H32ClFN4O2. The van der Waals surface area contributed by atoms with Crippen LogP contribution in [0.3, 0.4) is 0 Å². The normalized spacial score (nSPS) is 17.8. The predicted molar refractivity (Wildman–Crippen MR) is 156 cm³/mol. The number of primary amides is 1. The van der Waals surface area contributed by atoms with Crippen LogP contribution >= 0.6 is 11.6 Å². The number of hydrogen-bond donors (Lipinski definition) is 3. The summed E-state index contributed by atoms with van der Waals surface area (Å²) < 4.78 is 21.8. The maximum Gasteiger partial charge on any atom is 0.249 e. The van der Waals surface area contributed by atoms with E-state index in [0.29, 0.717) is 28.9 Å². The molecule has 1 unspecified atom stereocenters. The number of benzene rings is 3. The molecule has 0 aliphatic heterocycles. The second-order valence-corrected chi connectivity index (χ2v) is 10.6. The van der Waals surface area contributed by atoms with Gasteiger partial charge in [0.2, 0.25) is 5.91 Å². The number of pyridine rings is 1. The van der Waals surface area contributed by atoms with Crippen molar-refractivity contribution in [2.45, 2.75) is 43.7 Å². The summed E-state index contributed by atoms with van der Waals surface area (Å²) in [4.78, 5) is 16.4. The van der Waals surface area contributed by atoms with Gasteiger partial charge in [-0.05, 0) is 73.2 Å². The van der Waals surface area contributed by atoms with E-state index in [2.05, 4.69) is 22.4 Å². The first-order chi connectivity index (χ1) is 19.4. The van der Waals surface area contributed by atoms with Crippen molar-refractivity contribution in [1.29, 1.82) is 0 Å². The SMILES string of the molecule is NC(=O)c1ccc(Oc2cccnc2)c(F)c1-c1cc(C(CNC2CCC(N)CC2)c2ccccc2)ccc1Cl. The van der Waals surface area contributed by atoms with Gasteiger partial charge < -0.3 is 21.5 Å². The molecule has 4 aromatic rings. The summed E-state index contributed by atoms with van der Waals surface area (Å²) in [5.41, 5.74) is 14.2. The summed E-state index contributed by atoms with van der Waals surface area (Å²) in [5, 5.41) is 4.02. The van der Waals surface area contributed by atoms with Gasteiger partial charge >= 0.3 is 0 Å². The van der Waals surface area contributed by atoms with Crippen LogP contribution in [0.15, 0.2) is 85.2 Å². The van der Waals surface area contributed by atoms with Gasteiger partial charge in [-0.2, -0.15) is 0 Å². The Morgan fingerprint density at radius 1 is 1.02 bits per heavy atom. The highest BCUT2D eigenvalue weighted by molar-refractivity contribution is 6.33. The molecule has 1 aliphatic rings. The number of nitrogens with one attached hydrogen (secondary N) is 1. The molecule has 3 aromatic carbocycles. The molecule has 0 spiro atoms. The molecule has 1 amide bonds. The van der Waals surface area contributed by atoms with Crippen LogP contribution in [0.1, 0.15) is 53.1 Å². The third-order valence-electron chi connectivity index (χ3n) is 7.48. The average molecular weight is 559 g/mol. The minimum absolute atomic E-state index is 0.00165. The number of aromatic nitrogens is 1. The number of ether oxygens (including phenoxy) is 1. The van der Waals surface area contributed by atoms with E-state index in [1.807, 2.05) is 30.3 Å². The summed E-state index contributed by atoms with van der Waals surface area (Å²) in [6.07, 6.45) is 7.15. The lowest BCUT2D eigenvalue weighted by Crippen LogP contribution is -2.39. The van der Waals surface area contributed by atoms with E-state index >= 15 is 4.39 Å². The van der Waals surface area contributed by atoms with Gasteiger partial charge in [0.1, 0.15) is 5.75 Å². The van der Waals surface area contributed by atoms with Crippen LogP contribution in [0.4, 0.5) is 4.39 Å². The molecule has 40 heavy (non-hydrogen) atoms. The highest BCUT2D eigenvalue weighted by atomic mass is 35.5.